The zero-order valence-electron chi connectivity index (χ0n) is 13.1. The summed E-state index contributed by atoms with van der Waals surface area (Å²) in [7, 11) is 0. The predicted molar refractivity (Wildman–Crippen MR) is 93.4 cm³/mol. The molecule has 0 amide bonds. The topological polar surface area (TPSA) is 43.8 Å². The van der Waals surface area contributed by atoms with Crippen molar-refractivity contribution in [1.29, 1.82) is 0 Å². The minimum Gasteiger partial charge on any atom is -0.383 e. The molecule has 1 heterocycles. The zero-order chi connectivity index (χ0) is 15.4. The van der Waals surface area contributed by atoms with Gasteiger partial charge in [0.15, 0.2) is 0 Å². The lowest BCUT2D eigenvalue weighted by Gasteiger charge is -2.08. The van der Waals surface area contributed by atoms with Crippen molar-refractivity contribution in [2.24, 2.45) is 0 Å². The van der Waals surface area contributed by atoms with Crippen molar-refractivity contribution in [3.05, 3.63) is 34.1 Å². The third-order valence-electron chi connectivity index (χ3n) is 3.74. The number of hydrogen-bond acceptors (Lipinski definition) is 2. The van der Waals surface area contributed by atoms with E-state index in [1.807, 2.05) is 0 Å². The number of anilines is 1. The molecule has 4 heteroatoms. The highest BCUT2D eigenvalue weighted by atomic mass is 79.9. The van der Waals surface area contributed by atoms with Crippen LogP contribution >= 0.6 is 15.9 Å². The number of nitrogen functional groups attached to an aromatic ring is 1. The van der Waals surface area contributed by atoms with E-state index in [4.69, 9.17) is 10.7 Å². The van der Waals surface area contributed by atoms with Gasteiger partial charge in [0.1, 0.15) is 17.3 Å². The van der Waals surface area contributed by atoms with Crippen LogP contribution in [0.2, 0.25) is 0 Å². The summed E-state index contributed by atoms with van der Waals surface area (Å²) in [4.78, 5) is 4.81. The number of halogens is 1. The van der Waals surface area contributed by atoms with E-state index in [1.54, 1.807) is 0 Å². The molecule has 0 aliphatic rings. The second kappa shape index (κ2) is 7.12. The van der Waals surface area contributed by atoms with Crippen LogP contribution in [0.1, 0.15) is 44.5 Å². The molecule has 2 rings (SSSR count). The van der Waals surface area contributed by atoms with Crippen molar-refractivity contribution < 1.29 is 0 Å². The van der Waals surface area contributed by atoms with E-state index in [0.717, 1.165) is 59.6 Å². The third kappa shape index (κ3) is 3.49. The molecule has 0 fully saturated rings. The fraction of sp³-hybridized carbons (Fsp3) is 0.471. The molecule has 0 bridgehead atoms. The number of aromatic nitrogens is 2. The summed E-state index contributed by atoms with van der Waals surface area (Å²) in [6.07, 6.45) is 4.35. The number of aryl methyl sites for hydroxylation is 2. The number of unbranched alkanes of at least 4 members (excludes halogenated alkanes) is 1. The summed E-state index contributed by atoms with van der Waals surface area (Å²) in [5.74, 6) is 1.90. The van der Waals surface area contributed by atoms with Crippen molar-refractivity contribution in [1.82, 2.24) is 9.55 Å². The van der Waals surface area contributed by atoms with Gasteiger partial charge in [0.05, 0.1) is 0 Å². The van der Waals surface area contributed by atoms with E-state index in [-0.39, 0.29) is 0 Å². The van der Waals surface area contributed by atoms with Gasteiger partial charge >= 0.3 is 0 Å². The van der Waals surface area contributed by atoms with Gasteiger partial charge in [0.2, 0.25) is 0 Å². The molecule has 3 nitrogen and oxygen atoms in total. The van der Waals surface area contributed by atoms with Crippen LogP contribution in [-0.4, -0.2) is 9.55 Å². The first-order valence-corrected chi connectivity index (χ1v) is 8.49. The number of nitrogens with two attached hydrogens (primary N) is 1. The van der Waals surface area contributed by atoms with Crippen molar-refractivity contribution in [3.8, 4) is 11.3 Å². The fourth-order valence-electron chi connectivity index (χ4n) is 2.45. The summed E-state index contributed by atoms with van der Waals surface area (Å²) in [5, 5.41) is 0. The Hall–Kier alpha value is -1.29. The van der Waals surface area contributed by atoms with Crippen LogP contribution < -0.4 is 5.73 Å². The lowest BCUT2D eigenvalue weighted by molar-refractivity contribution is 0.604. The number of benzene rings is 1. The Kier molecular flexibility index (Phi) is 5.45. The minimum atomic E-state index is 0.794. The molecular weight excluding hydrogens is 326 g/mol. The quantitative estimate of drug-likeness (QED) is 0.801. The molecule has 114 valence electrons. The minimum absolute atomic E-state index is 0.794. The standard InChI is InChI=1S/C17H24BrN3/c1-4-6-10-21-15(7-5-2)20-16(17(21)19)13-9-8-12(3)14(18)11-13/h8-9,11H,4-7,10,19H2,1-3H3. The molecular formula is C17H24BrN3. The van der Waals surface area contributed by atoms with Gasteiger partial charge in [-0.05, 0) is 31.4 Å². The Morgan fingerprint density at radius 3 is 2.62 bits per heavy atom. The van der Waals surface area contributed by atoms with Crippen molar-refractivity contribution in [3.63, 3.8) is 0 Å². The Balaban J connectivity index is 2.45. The van der Waals surface area contributed by atoms with E-state index >= 15 is 0 Å². The summed E-state index contributed by atoms with van der Waals surface area (Å²) in [5.41, 5.74) is 9.59. The van der Waals surface area contributed by atoms with Gasteiger partial charge in [-0.1, -0.05) is 48.3 Å². The van der Waals surface area contributed by atoms with Crippen LogP contribution in [0.25, 0.3) is 11.3 Å². The van der Waals surface area contributed by atoms with Crippen molar-refractivity contribution in [2.45, 2.75) is 53.0 Å². The first-order chi connectivity index (χ1) is 10.1. The predicted octanol–water partition coefficient (Wildman–Crippen LogP) is 4.96. The van der Waals surface area contributed by atoms with Gasteiger partial charge < -0.3 is 10.3 Å². The molecule has 2 aromatic rings. The Labute approximate surface area is 135 Å². The Morgan fingerprint density at radius 1 is 1.24 bits per heavy atom. The molecule has 0 spiro atoms. The van der Waals surface area contributed by atoms with Crippen LogP contribution in [0.15, 0.2) is 22.7 Å². The molecule has 1 aromatic carbocycles. The van der Waals surface area contributed by atoms with E-state index < -0.39 is 0 Å². The van der Waals surface area contributed by atoms with Crippen molar-refractivity contribution in [2.75, 3.05) is 5.73 Å². The molecule has 21 heavy (non-hydrogen) atoms. The summed E-state index contributed by atoms with van der Waals surface area (Å²) in [6, 6.07) is 6.30. The number of nitrogens with zero attached hydrogens (tertiary/aromatic N) is 2. The normalized spacial score (nSPS) is 11.0. The maximum Gasteiger partial charge on any atom is 0.131 e. The average molecular weight is 350 g/mol. The van der Waals surface area contributed by atoms with Gasteiger partial charge in [0, 0.05) is 23.0 Å². The molecule has 0 saturated heterocycles. The zero-order valence-corrected chi connectivity index (χ0v) is 14.7. The second-order valence-electron chi connectivity index (χ2n) is 5.48. The van der Waals surface area contributed by atoms with Crippen LogP contribution in [0, 0.1) is 6.92 Å². The number of hydrogen-bond donors (Lipinski definition) is 1. The molecule has 0 atom stereocenters. The van der Waals surface area contributed by atoms with E-state index in [2.05, 4.69) is 59.5 Å². The highest BCUT2D eigenvalue weighted by Crippen LogP contribution is 2.30. The summed E-state index contributed by atoms with van der Waals surface area (Å²) >= 11 is 3.59. The maximum atomic E-state index is 6.38. The maximum absolute atomic E-state index is 6.38. The lowest BCUT2D eigenvalue weighted by atomic mass is 10.1. The number of rotatable bonds is 6. The highest BCUT2D eigenvalue weighted by molar-refractivity contribution is 9.10. The SMILES string of the molecule is CCCCn1c(CCC)nc(-c2ccc(C)c(Br)c2)c1N. The van der Waals surface area contributed by atoms with Crippen molar-refractivity contribution >= 4 is 21.7 Å². The average Bonchev–Trinajstić information content (AvgIpc) is 2.77. The third-order valence-corrected chi connectivity index (χ3v) is 4.59. The van der Waals surface area contributed by atoms with Crippen LogP contribution in [0.3, 0.4) is 0 Å². The van der Waals surface area contributed by atoms with E-state index in [0.29, 0.717) is 0 Å². The highest BCUT2D eigenvalue weighted by Gasteiger charge is 2.15. The molecule has 0 radical (unpaired) electrons. The fourth-order valence-corrected chi connectivity index (χ4v) is 2.83. The molecule has 1 aromatic heterocycles. The van der Waals surface area contributed by atoms with Gasteiger partial charge in [-0.2, -0.15) is 0 Å². The summed E-state index contributed by atoms with van der Waals surface area (Å²) < 4.78 is 3.29. The first-order valence-electron chi connectivity index (χ1n) is 7.69. The second-order valence-corrected chi connectivity index (χ2v) is 6.34. The van der Waals surface area contributed by atoms with Crippen LogP contribution in [0.4, 0.5) is 5.82 Å². The van der Waals surface area contributed by atoms with Crippen LogP contribution in [0.5, 0.6) is 0 Å². The molecule has 0 aliphatic carbocycles. The lowest BCUT2D eigenvalue weighted by Crippen LogP contribution is -2.07. The van der Waals surface area contributed by atoms with Gasteiger partial charge in [-0.25, -0.2) is 4.98 Å². The van der Waals surface area contributed by atoms with Gasteiger partial charge in [-0.15, -0.1) is 0 Å². The van der Waals surface area contributed by atoms with Gasteiger partial charge in [0.25, 0.3) is 0 Å². The monoisotopic (exact) mass is 349 g/mol. The molecule has 0 aliphatic heterocycles. The Bertz CT molecular complexity index is 617. The Morgan fingerprint density at radius 2 is 2.00 bits per heavy atom. The molecule has 0 unspecified atom stereocenters. The summed E-state index contributed by atoms with van der Waals surface area (Å²) in [6.45, 7) is 7.42. The van der Waals surface area contributed by atoms with Gasteiger partial charge in [-0.3, -0.25) is 0 Å². The smallest absolute Gasteiger partial charge is 0.131 e. The first kappa shape index (κ1) is 16.1. The van der Waals surface area contributed by atoms with E-state index in [9.17, 15) is 0 Å². The molecule has 0 saturated carbocycles. The van der Waals surface area contributed by atoms with E-state index in [1.165, 1.54) is 5.56 Å². The largest absolute Gasteiger partial charge is 0.383 e. The van der Waals surface area contributed by atoms with Crippen LogP contribution in [-0.2, 0) is 13.0 Å². The molecule has 2 N–H and O–H groups in total. The number of imidazole rings is 1.